The van der Waals surface area contributed by atoms with Crippen LogP contribution in [-0.2, 0) is 4.74 Å². The molecule has 3 nitrogen and oxygen atoms in total. The highest BCUT2D eigenvalue weighted by Crippen LogP contribution is 2.59. The van der Waals surface area contributed by atoms with E-state index >= 15 is 0 Å². The summed E-state index contributed by atoms with van der Waals surface area (Å²) in [4.78, 5) is 4.48. The molecule has 0 saturated heterocycles. The van der Waals surface area contributed by atoms with Gasteiger partial charge in [-0.25, -0.2) is 0 Å². The first kappa shape index (κ1) is 20.5. The summed E-state index contributed by atoms with van der Waals surface area (Å²) >= 11 is 0. The molecule has 3 fully saturated rings. The predicted octanol–water partition coefficient (Wildman–Crippen LogP) is 5.92. The molecule has 0 spiro atoms. The Morgan fingerprint density at radius 2 is 1.77 bits per heavy atom. The molecule has 3 heteroatoms. The van der Waals surface area contributed by atoms with Crippen LogP contribution in [0.15, 0.2) is 54.0 Å². The van der Waals surface area contributed by atoms with E-state index < -0.39 is 0 Å². The van der Waals surface area contributed by atoms with Crippen LogP contribution in [0.4, 0.5) is 0 Å². The number of aliphatic imine (C=N–C) groups is 1. The van der Waals surface area contributed by atoms with Gasteiger partial charge in [0, 0.05) is 30.3 Å². The molecule has 26 heavy (non-hydrogen) atoms. The summed E-state index contributed by atoms with van der Waals surface area (Å²) in [5, 5.41) is 3.61. The Morgan fingerprint density at radius 3 is 2.23 bits per heavy atom. The molecular weight excluding hydrogens is 320 g/mol. The second kappa shape index (κ2) is 8.75. The molecule has 0 aromatic carbocycles. The van der Waals surface area contributed by atoms with Crippen molar-refractivity contribution in [2.75, 3.05) is 13.7 Å². The number of nitrogens with one attached hydrogen (secondary N) is 1. The number of hydrogen-bond donors (Lipinski definition) is 1. The van der Waals surface area contributed by atoms with E-state index in [0.717, 1.165) is 36.6 Å². The summed E-state index contributed by atoms with van der Waals surface area (Å²) in [6.07, 6.45) is 13.0. The van der Waals surface area contributed by atoms with Gasteiger partial charge in [-0.05, 0) is 57.3 Å². The van der Waals surface area contributed by atoms with Crippen molar-refractivity contribution in [1.82, 2.24) is 5.32 Å². The summed E-state index contributed by atoms with van der Waals surface area (Å²) in [7, 11) is 1.76. The predicted molar refractivity (Wildman–Crippen MR) is 112 cm³/mol. The lowest BCUT2D eigenvalue weighted by molar-refractivity contribution is -0.0130. The summed E-state index contributed by atoms with van der Waals surface area (Å²) in [6, 6.07) is 0. The third kappa shape index (κ3) is 4.31. The summed E-state index contributed by atoms with van der Waals surface area (Å²) in [5.74, 6) is 0.988. The van der Waals surface area contributed by atoms with Crippen molar-refractivity contribution >= 4 is 5.71 Å². The molecule has 0 unspecified atom stereocenters. The topological polar surface area (TPSA) is 33.6 Å². The number of methoxy groups -OCH3 is 1. The molecule has 3 aliphatic carbocycles. The standard InChI is InChI=1S/C23H36N2O/c1-7-20(8-2)16-21(24-9-3)18(4)25-17-22-10-13-23(14-11-22,15-12-22)19(5)26-6/h7,9,25H,3-5,8,10-17H2,1-2,6H3/b20-7-,24-21?. The highest BCUT2D eigenvalue weighted by molar-refractivity contribution is 6.00. The van der Waals surface area contributed by atoms with Gasteiger partial charge in [0.1, 0.15) is 0 Å². The zero-order valence-electron chi connectivity index (χ0n) is 17.0. The Balaban J connectivity index is 1.96. The minimum Gasteiger partial charge on any atom is -0.501 e. The normalized spacial score (nSPS) is 28.6. The van der Waals surface area contributed by atoms with E-state index in [2.05, 4.69) is 50.0 Å². The molecule has 3 aliphatic rings. The molecule has 0 radical (unpaired) electrons. The molecule has 3 saturated carbocycles. The van der Waals surface area contributed by atoms with Crippen molar-refractivity contribution in [1.29, 1.82) is 0 Å². The zero-order chi connectivity index (χ0) is 19.2. The third-order valence-electron chi connectivity index (χ3n) is 6.77. The van der Waals surface area contributed by atoms with E-state index in [-0.39, 0.29) is 5.41 Å². The Morgan fingerprint density at radius 1 is 1.15 bits per heavy atom. The van der Waals surface area contributed by atoms with E-state index in [1.807, 2.05) is 0 Å². The van der Waals surface area contributed by atoms with Crippen LogP contribution in [0.1, 0.15) is 65.2 Å². The number of allylic oxidation sites excluding steroid dienone is 4. The van der Waals surface area contributed by atoms with E-state index in [0.29, 0.717) is 5.41 Å². The van der Waals surface area contributed by atoms with E-state index in [1.165, 1.54) is 44.1 Å². The van der Waals surface area contributed by atoms with Gasteiger partial charge >= 0.3 is 0 Å². The highest BCUT2D eigenvalue weighted by atomic mass is 16.5. The van der Waals surface area contributed by atoms with Gasteiger partial charge in [-0.3, -0.25) is 4.99 Å². The molecule has 3 rings (SSSR count). The Kier molecular flexibility index (Phi) is 6.91. The fraction of sp³-hybridized carbons (Fsp3) is 0.609. The molecule has 0 aliphatic heterocycles. The van der Waals surface area contributed by atoms with Gasteiger partial charge in [-0.2, -0.15) is 0 Å². The Bertz CT molecular complexity index is 587. The molecule has 1 N–H and O–H groups in total. The second-order valence-corrected chi connectivity index (χ2v) is 7.98. The molecule has 0 heterocycles. The fourth-order valence-electron chi connectivity index (χ4n) is 4.55. The largest absolute Gasteiger partial charge is 0.501 e. The van der Waals surface area contributed by atoms with Crippen molar-refractivity contribution in [3.63, 3.8) is 0 Å². The summed E-state index contributed by atoms with van der Waals surface area (Å²) in [6.45, 7) is 17.4. The molecule has 0 aromatic heterocycles. The Hall–Kier alpha value is -1.77. The number of nitrogens with zero attached hydrogens (tertiary/aromatic N) is 1. The maximum absolute atomic E-state index is 5.50. The van der Waals surface area contributed by atoms with Crippen LogP contribution < -0.4 is 5.32 Å². The number of ether oxygens (including phenoxy) is 1. The molecule has 144 valence electrons. The first-order chi connectivity index (χ1) is 12.4. The molecular formula is C23H36N2O. The van der Waals surface area contributed by atoms with E-state index in [9.17, 15) is 0 Å². The van der Waals surface area contributed by atoms with Crippen LogP contribution in [0.25, 0.3) is 0 Å². The number of rotatable bonds is 10. The van der Waals surface area contributed by atoms with Crippen LogP contribution in [0.2, 0.25) is 0 Å². The maximum atomic E-state index is 5.50. The minimum atomic E-state index is 0.227. The van der Waals surface area contributed by atoms with Crippen molar-refractivity contribution in [3.8, 4) is 0 Å². The lowest BCUT2D eigenvalue weighted by atomic mass is 9.53. The monoisotopic (exact) mass is 356 g/mol. The number of fused-ring (bicyclic) bond motifs is 3. The van der Waals surface area contributed by atoms with Crippen molar-refractivity contribution < 1.29 is 4.74 Å². The lowest BCUT2D eigenvalue weighted by Gasteiger charge is -2.53. The van der Waals surface area contributed by atoms with Crippen LogP contribution in [0.3, 0.4) is 0 Å². The van der Waals surface area contributed by atoms with E-state index in [1.54, 1.807) is 13.3 Å². The molecule has 0 amide bonds. The zero-order valence-corrected chi connectivity index (χ0v) is 17.0. The van der Waals surface area contributed by atoms with Gasteiger partial charge in [0.15, 0.2) is 0 Å². The van der Waals surface area contributed by atoms with Crippen molar-refractivity contribution in [3.05, 3.63) is 49.0 Å². The van der Waals surface area contributed by atoms with Gasteiger partial charge in [0.25, 0.3) is 0 Å². The van der Waals surface area contributed by atoms with Crippen LogP contribution >= 0.6 is 0 Å². The molecule has 0 atom stereocenters. The van der Waals surface area contributed by atoms with Gasteiger partial charge in [0.2, 0.25) is 0 Å². The fourth-order valence-corrected chi connectivity index (χ4v) is 4.55. The van der Waals surface area contributed by atoms with Crippen LogP contribution in [0.5, 0.6) is 0 Å². The average Bonchev–Trinajstić information content (AvgIpc) is 2.70. The van der Waals surface area contributed by atoms with Crippen LogP contribution in [-0.4, -0.2) is 19.4 Å². The SMILES string of the molecule is C=CN=C(C/C(=C\C)CC)C(=C)NCC12CCC(C(=C)OC)(CC1)CC2. The molecule has 2 bridgehead atoms. The van der Waals surface area contributed by atoms with Crippen LogP contribution in [0, 0.1) is 10.8 Å². The number of hydrogen-bond acceptors (Lipinski definition) is 3. The highest BCUT2D eigenvalue weighted by Gasteiger charge is 2.50. The summed E-state index contributed by atoms with van der Waals surface area (Å²) < 4.78 is 5.50. The van der Waals surface area contributed by atoms with Crippen molar-refractivity contribution in [2.45, 2.75) is 65.2 Å². The van der Waals surface area contributed by atoms with Gasteiger partial charge in [0.05, 0.1) is 18.6 Å². The summed E-state index contributed by atoms with van der Waals surface area (Å²) in [5.41, 5.74) is 3.93. The maximum Gasteiger partial charge on any atom is 0.0945 e. The van der Waals surface area contributed by atoms with Gasteiger partial charge < -0.3 is 10.1 Å². The third-order valence-corrected chi connectivity index (χ3v) is 6.77. The van der Waals surface area contributed by atoms with E-state index in [4.69, 9.17) is 4.74 Å². The smallest absolute Gasteiger partial charge is 0.0945 e. The van der Waals surface area contributed by atoms with Gasteiger partial charge in [-0.1, -0.05) is 38.3 Å². The van der Waals surface area contributed by atoms with Gasteiger partial charge in [-0.15, -0.1) is 0 Å². The average molecular weight is 357 g/mol. The first-order valence-corrected chi connectivity index (χ1v) is 9.92. The first-order valence-electron chi connectivity index (χ1n) is 9.92. The van der Waals surface area contributed by atoms with Crippen molar-refractivity contribution in [2.24, 2.45) is 15.8 Å². The minimum absolute atomic E-state index is 0.227. The quantitative estimate of drug-likeness (QED) is 0.299. The Labute approximate surface area is 160 Å². The second-order valence-electron chi connectivity index (χ2n) is 7.98. The molecule has 0 aromatic rings. The lowest BCUT2D eigenvalue weighted by Crippen LogP contribution is -2.47.